The van der Waals surface area contributed by atoms with E-state index in [1.165, 1.54) is 18.2 Å². The number of sulfonamides is 1. The maximum Gasteiger partial charge on any atom is 0.416 e. The zero-order valence-corrected chi connectivity index (χ0v) is 11.8. The molecule has 0 spiro atoms. The molecule has 0 amide bonds. The van der Waals surface area contributed by atoms with Crippen molar-refractivity contribution >= 4 is 10.0 Å². The summed E-state index contributed by atoms with van der Waals surface area (Å²) in [7, 11) is -3.54. The first-order valence-corrected chi connectivity index (χ1v) is 7.73. The van der Waals surface area contributed by atoms with Crippen LogP contribution in [0.2, 0.25) is 0 Å². The molecular weight excluding hydrogens is 293 g/mol. The second-order valence-corrected chi connectivity index (χ2v) is 6.22. The minimum atomic E-state index is -4.41. The van der Waals surface area contributed by atoms with Crippen molar-refractivity contribution in [2.24, 2.45) is 5.14 Å². The highest BCUT2D eigenvalue weighted by Gasteiger charge is 2.33. The van der Waals surface area contributed by atoms with Gasteiger partial charge in [0.25, 0.3) is 0 Å². The molecule has 0 aliphatic carbocycles. The van der Waals surface area contributed by atoms with E-state index in [2.05, 4.69) is 5.32 Å². The van der Waals surface area contributed by atoms with Crippen molar-refractivity contribution in [1.29, 1.82) is 0 Å². The van der Waals surface area contributed by atoms with Crippen molar-refractivity contribution in [2.75, 3.05) is 12.3 Å². The molecule has 0 aliphatic heterocycles. The molecule has 0 aliphatic rings. The molecule has 0 aromatic heterocycles. The Bertz CT molecular complexity index is 544. The molecule has 0 fully saturated rings. The molecule has 1 rings (SSSR count). The second kappa shape index (κ2) is 6.55. The van der Waals surface area contributed by atoms with Gasteiger partial charge in [0.1, 0.15) is 0 Å². The normalized spacial score (nSPS) is 14.2. The monoisotopic (exact) mass is 310 g/mol. The summed E-state index contributed by atoms with van der Waals surface area (Å²) in [6.07, 6.45) is -4.16. The predicted octanol–water partition coefficient (Wildman–Crippen LogP) is 2.03. The molecular formula is C12H17F3N2O2S. The molecule has 1 aromatic carbocycles. The number of benzene rings is 1. The number of alkyl halides is 3. The van der Waals surface area contributed by atoms with Crippen LogP contribution >= 0.6 is 0 Å². The molecule has 0 heterocycles. The third kappa shape index (κ3) is 5.48. The van der Waals surface area contributed by atoms with Gasteiger partial charge < -0.3 is 5.32 Å². The van der Waals surface area contributed by atoms with E-state index in [0.717, 1.165) is 6.07 Å². The van der Waals surface area contributed by atoms with Gasteiger partial charge in [0.2, 0.25) is 10.0 Å². The summed E-state index contributed by atoms with van der Waals surface area (Å²) in [4.78, 5) is 0. The lowest BCUT2D eigenvalue weighted by molar-refractivity contribution is -0.138. The minimum absolute atomic E-state index is 0.135. The third-order valence-corrected chi connectivity index (χ3v) is 3.65. The molecule has 0 bridgehead atoms. The average molecular weight is 310 g/mol. The van der Waals surface area contributed by atoms with E-state index in [0.29, 0.717) is 0 Å². The van der Waals surface area contributed by atoms with E-state index in [-0.39, 0.29) is 24.3 Å². The first-order valence-electron chi connectivity index (χ1n) is 6.01. The van der Waals surface area contributed by atoms with Gasteiger partial charge in [-0.05, 0) is 31.5 Å². The molecule has 0 saturated heterocycles. The molecule has 1 aromatic rings. The molecule has 1 atom stereocenters. The summed E-state index contributed by atoms with van der Waals surface area (Å²) in [5, 5.41) is 7.70. The summed E-state index contributed by atoms with van der Waals surface area (Å²) in [5.74, 6) is -0.201. The fourth-order valence-electron chi connectivity index (χ4n) is 1.83. The van der Waals surface area contributed by atoms with Crippen molar-refractivity contribution in [3.8, 4) is 0 Å². The first-order chi connectivity index (χ1) is 9.11. The van der Waals surface area contributed by atoms with Crippen LogP contribution in [0.4, 0.5) is 13.2 Å². The Balaban J connectivity index is 2.67. The highest BCUT2D eigenvalue weighted by molar-refractivity contribution is 7.89. The maximum absolute atomic E-state index is 12.8. The summed E-state index contributed by atoms with van der Waals surface area (Å²) in [6.45, 7) is 1.87. The van der Waals surface area contributed by atoms with Gasteiger partial charge >= 0.3 is 6.18 Å². The van der Waals surface area contributed by atoms with Gasteiger partial charge in [0, 0.05) is 6.04 Å². The highest BCUT2D eigenvalue weighted by Crippen LogP contribution is 2.34. The van der Waals surface area contributed by atoms with Crippen LogP contribution in [-0.2, 0) is 16.2 Å². The Morgan fingerprint density at radius 3 is 2.45 bits per heavy atom. The maximum atomic E-state index is 12.8. The smallest absolute Gasteiger partial charge is 0.310 e. The van der Waals surface area contributed by atoms with Crippen LogP contribution < -0.4 is 10.5 Å². The van der Waals surface area contributed by atoms with Gasteiger partial charge in [-0.15, -0.1) is 0 Å². The Morgan fingerprint density at radius 2 is 1.90 bits per heavy atom. The van der Waals surface area contributed by atoms with Crippen LogP contribution in [0, 0.1) is 0 Å². The van der Waals surface area contributed by atoms with Gasteiger partial charge in [-0.1, -0.05) is 18.2 Å². The first kappa shape index (κ1) is 16.9. The fraction of sp³-hybridized carbons (Fsp3) is 0.500. The minimum Gasteiger partial charge on any atom is -0.310 e. The standard InChI is InChI=1S/C12H17F3N2O2S/c1-9(17-7-4-8-20(16,18)19)10-5-2-3-6-11(10)12(13,14)15/h2-3,5-6,9,17H,4,7-8H2,1H3,(H2,16,18,19). The van der Waals surface area contributed by atoms with Crippen molar-refractivity contribution in [2.45, 2.75) is 25.6 Å². The van der Waals surface area contributed by atoms with E-state index in [9.17, 15) is 21.6 Å². The number of hydrogen-bond donors (Lipinski definition) is 2. The van der Waals surface area contributed by atoms with Gasteiger partial charge in [-0.3, -0.25) is 0 Å². The van der Waals surface area contributed by atoms with Gasteiger partial charge in [0.15, 0.2) is 0 Å². The van der Waals surface area contributed by atoms with Gasteiger partial charge in [-0.25, -0.2) is 13.6 Å². The Hall–Kier alpha value is -1.12. The lowest BCUT2D eigenvalue weighted by Crippen LogP contribution is -2.25. The van der Waals surface area contributed by atoms with Crippen molar-refractivity contribution in [3.05, 3.63) is 35.4 Å². The molecule has 3 N–H and O–H groups in total. The zero-order valence-electron chi connectivity index (χ0n) is 10.9. The number of nitrogens with two attached hydrogens (primary N) is 1. The zero-order chi connectivity index (χ0) is 15.4. The molecule has 0 radical (unpaired) electrons. The fourth-order valence-corrected chi connectivity index (χ4v) is 2.38. The molecule has 20 heavy (non-hydrogen) atoms. The van der Waals surface area contributed by atoms with Crippen molar-refractivity contribution in [3.63, 3.8) is 0 Å². The van der Waals surface area contributed by atoms with Crippen molar-refractivity contribution in [1.82, 2.24) is 5.32 Å². The molecule has 4 nitrogen and oxygen atoms in total. The van der Waals surface area contributed by atoms with E-state index in [4.69, 9.17) is 5.14 Å². The number of halogens is 3. The van der Waals surface area contributed by atoms with Crippen LogP contribution in [-0.4, -0.2) is 20.7 Å². The Morgan fingerprint density at radius 1 is 1.30 bits per heavy atom. The largest absolute Gasteiger partial charge is 0.416 e. The molecule has 1 unspecified atom stereocenters. The summed E-state index contributed by atoms with van der Waals surface area (Å²) in [6, 6.07) is 4.76. The lowest BCUT2D eigenvalue weighted by atomic mass is 10.0. The topological polar surface area (TPSA) is 72.2 Å². The van der Waals surface area contributed by atoms with E-state index >= 15 is 0 Å². The SMILES string of the molecule is CC(NCCCS(N)(=O)=O)c1ccccc1C(F)(F)F. The number of hydrogen-bond acceptors (Lipinski definition) is 3. The number of rotatable bonds is 6. The molecule has 0 saturated carbocycles. The number of nitrogens with one attached hydrogen (secondary N) is 1. The Labute approximate surface area is 116 Å². The van der Waals surface area contributed by atoms with Crippen LogP contribution in [0.25, 0.3) is 0 Å². The quantitative estimate of drug-likeness (QED) is 0.790. The van der Waals surface area contributed by atoms with Gasteiger partial charge in [0.05, 0.1) is 11.3 Å². The van der Waals surface area contributed by atoms with E-state index in [1.807, 2.05) is 0 Å². The van der Waals surface area contributed by atoms with Crippen LogP contribution in [0.15, 0.2) is 24.3 Å². The summed E-state index contributed by atoms with van der Waals surface area (Å²) >= 11 is 0. The van der Waals surface area contributed by atoms with Crippen LogP contribution in [0.1, 0.15) is 30.5 Å². The summed E-state index contributed by atoms with van der Waals surface area (Å²) < 4.78 is 60.0. The Kier molecular flexibility index (Phi) is 5.55. The number of primary sulfonamides is 1. The lowest BCUT2D eigenvalue weighted by Gasteiger charge is -2.19. The van der Waals surface area contributed by atoms with E-state index < -0.39 is 27.8 Å². The molecule has 8 heteroatoms. The summed E-state index contributed by atoms with van der Waals surface area (Å²) in [5.41, 5.74) is -0.554. The highest BCUT2D eigenvalue weighted by atomic mass is 32.2. The van der Waals surface area contributed by atoms with Crippen LogP contribution in [0.3, 0.4) is 0 Å². The molecule has 114 valence electrons. The van der Waals surface area contributed by atoms with Crippen LogP contribution in [0.5, 0.6) is 0 Å². The van der Waals surface area contributed by atoms with Gasteiger partial charge in [-0.2, -0.15) is 13.2 Å². The second-order valence-electron chi connectivity index (χ2n) is 4.48. The average Bonchev–Trinajstić information content (AvgIpc) is 2.32. The third-order valence-electron chi connectivity index (χ3n) is 2.79. The van der Waals surface area contributed by atoms with Crippen molar-refractivity contribution < 1.29 is 21.6 Å². The van der Waals surface area contributed by atoms with E-state index in [1.54, 1.807) is 6.92 Å². The predicted molar refractivity (Wildman–Crippen MR) is 70.5 cm³/mol.